The second-order valence-corrected chi connectivity index (χ2v) is 6.33. The highest BCUT2D eigenvalue weighted by Crippen LogP contribution is 2.19. The van der Waals surface area contributed by atoms with Gasteiger partial charge >= 0.3 is 5.97 Å². The molecule has 0 bridgehead atoms. The van der Waals surface area contributed by atoms with Crippen LogP contribution >= 0.6 is 0 Å². The Hall–Kier alpha value is -3.61. The molecule has 3 rings (SSSR count). The van der Waals surface area contributed by atoms with Crippen molar-refractivity contribution in [1.29, 1.82) is 0 Å². The van der Waals surface area contributed by atoms with E-state index < -0.39 is 17.9 Å². The van der Waals surface area contributed by atoms with E-state index in [1.54, 1.807) is 37.5 Å². The molecule has 1 aliphatic rings. The zero-order valence-corrected chi connectivity index (χ0v) is 15.9. The minimum atomic E-state index is -0.610. The summed E-state index contributed by atoms with van der Waals surface area (Å²) in [6.07, 6.45) is 3.63. The lowest BCUT2D eigenvalue weighted by Crippen LogP contribution is -2.40. The Morgan fingerprint density at radius 2 is 1.93 bits per heavy atom. The first kappa shape index (κ1) is 20.1. The van der Waals surface area contributed by atoms with Crippen molar-refractivity contribution >= 4 is 23.7 Å². The number of nitrogens with one attached hydrogen (secondary N) is 1. The number of esters is 1. The second kappa shape index (κ2) is 9.54. The molecule has 1 aliphatic heterocycles. The van der Waals surface area contributed by atoms with E-state index in [-0.39, 0.29) is 12.4 Å². The number of rotatable bonds is 8. The van der Waals surface area contributed by atoms with Crippen molar-refractivity contribution in [3.63, 3.8) is 0 Å². The standard InChI is InChI=1S/C22H21NO6/c1-27-20-5-3-2-4-16(20)8-11-19(24)15-6-9-17(10-7-15)29-14-21(25)23-18-12-13-28-22(18)26/h2-11,18H,12-14H2,1H3,(H,23,25)/b11-8+/t18-/m0/s1. The third kappa shape index (κ3) is 5.44. The molecule has 1 atom stereocenters. The molecule has 1 heterocycles. The molecule has 150 valence electrons. The molecule has 1 fully saturated rings. The van der Waals surface area contributed by atoms with Gasteiger partial charge in [-0.3, -0.25) is 9.59 Å². The maximum absolute atomic E-state index is 12.3. The molecule has 2 aromatic carbocycles. The first-order valence-corrected chi connectivity index (χ1v) is 9.11. The molecule has 0 saturated carbocycles. The summed E-state index contributed by atoms with van der Waals surface area (Å²) < 4.78 is 15.4. The Labute approximate surface area is 168 Å². The van der Waals surface area contributed by atoms with Crippen LogP contribution in [0.4, 0.5) is 0 Å². The average molecular weight is 395 g/mol. The zero-order valence-electron chi connectivity index (χ0n) is 15.9. The zero-order chi connectivity index (χ0) is 20.6. The first-order valence-electron chi connectivity index (χ1n) is 9.11. The van der Waals surface area contributed by atoms with Crippen LogP contribution in [0.5, 0.6) is 11.5 Å². The number of benzene rings is 2. The number of ketones is 1. The van der Waals surface area contributed by atoms with Crippen molar-refractivity contribution in [3.8, 4) is 11.5 Å². The predicted octanol–water partition coefficient (Wildman–Crippen LogP) is 2.40. The van der Waals surface area contributed by atoms with Gasteiger partial charge in [0.25, 0.3) is 5.91 Å². The molecule has 0 spiro atoms. The van der Waals surface area contributed by atoms with Crippen LogP contribution in [0, 0.1) is 0 Å². The molecular weight excluding hydrogens is 374 g/mol. The molecule has 0 unspecified atom stereocenters. The number of amides is 1. The van der Waals surface area contributed by atoms with Gasteiger partial charge in [-0.15, -0.1) is 0 Å². The lowest BCUT2D eigenvalue weighted by Gasteiger charge is -2.10. The number of carbonyl (C=O) groups is 3. The van der Waals surface area contributed by atoms with Crippen LogP contribution in [0.1, 0.15) is 22.3 Å². The van der Waals surface area contributed by atoms with Gasteiger partial charge in [-0.25, -0.2) is 4.79 Å². The number of ether oxygens (including phenoxy) is 3. The summed E-state index contributed by atoms with van der Waals surface area (Å²) >= 11 is 0. The number of cyclic esters (lactones) is 1. The van der Waals surface area contributed by atoms with Gasteiger partial charge in [0, 0.05) is 17.5 Å². The number of allylic oxidation sites excluding steroid dienone is 1. The van der Waals surface area contributed by atoms with Crippen LogP contribution in [0.2, 0.25) is 0 Å². The smallest absolute Gasteiger partial charge is 0.328 e. The molecule has 29 heavy (non-hydrogen) atoms. The molecule has 1 amide bonds. The van der Waals surface area contributed by atoms with Crippen LogP contribution in [-0.2, 0) is 14.3 Å². The van der Waals surface area contributed by atoms with Gasteiger partial charge < -0.3 is 19.5 Å². The Bertz CT molecular complexity index is 919. The summed E-state index contributed by atoms with van der Waals surface area (Å²) in [5.74, 6) is 0.125. The lowest BCUT2D eigenvalue weighted by molar-refractivity contribution is -0.141. The highest BCUT2D eigenvalue weighted by molar-refractivity contribution is 6.07. The van der Waals surface area contributed by atoms with Crippen molar-refractivity contribution in [1.82, 2.24) is 5.32 Å². The van der Waals surface area contributed by atoms with Crippen LogP contribution in [-0.4, -0.2) is 44.0 Å². The van der Waals surface area contributed by atoms with Crippen molar-refractivity contribution < 1.29 is 28.6 Å². The van der Waals surface area contributed by atoms with Crippen molar-refractivity contribution in [2.24, 2.45) is 0 Å². The fourth-order valence-corrected chi connectivity index (χ4v) is 2.79. The SMILES string of the molecule is COc1ccccc1/C=C/C(=O)c1ccc(OCC(=O)N[C@H]2CCOC2=O)cc1. The fourth-order valence-electron chi connectivity index (χ4n) is 2.79. The van der Waals surface area contributed by atoms with Gasteiger partial charge in [0.2, 0.25) is 0 Å². The lowest BCUT2D eigenvalue weighted by atomic mass is 10.1. The summed E-state index contributed by atoms with van der Waals surface area (Å²) in [6, 6.07) is 13.3. The molecule has 0 aliphatic carbocycles. The van der Waals surface area contributed by atoms with Gasteiger partial charge in [0.1, 0.15) is 17.5 Å². The van der Waals surface area contributed by atoms with Crippen LogP contribution < -0.4 is 14.8 Å². The van der Waals surface area contributed by atoms with Gasteiger partial charge in [-0.1, -0.05) is 18.2 Å². The van der Waals surface area contributed by atoms with Crippen molar-refractivity contribution in [2.45, 2.75) is 12.5 Å². The Kier molecular flexibility index (Phi) is 6.63. The molecule has 1 N–H and O–H groups in total. The van der Waals surface area contributed by atoms with Crippen molar-refractivity contribution in [2.75, 3.05) is 20.3 Å². The minimum Gasteiger partial charge on any atom is -0.496 e. The highest BCUT2D eigenvalue weighted by Gasteiger charge is 2.27. The summed E-state index contributed by atoms with van der Waals surface area (Å²) in [7, 11) is 1.58. The monoisotopic (exact) mass is 395 g/mol. The summed E-state index contributed by atoms with van der Waals surface area (Å²) in [5, 5.41) is 2.56. The number of carbonyl (C=O) groups excluding carboxylic acids is 3. The molecule has 7 nitrogen and oxygen atoms in total. The van der Waals surface area contributed by atoms with Gasteiger partial charge in [0.15, 0.2) is 12.4 Å². The number of hydrogen-bond donors (Lipinski definition) is 1. The maximum Gasteiger partial charge on any atom is 0.328 e. The maximum atomic E-state index is 12.3. The van der Waals surface area contributed by atoms with Gasteiger partial charge in [0.05, 0.1) is 13.7 Å². The number of hydrogen-bond acceptors (Lipinski definition) is 6. The first-order chi connectivity index (χ1) is 14.1. The Balaban J connectivity index is 1.52. The highest BCUT2D eigenvalue weighted by atomic mass is 16.5. The van der Waals surface area contributed by atoms with Gasteiger partial charge in [-0.2, -0.15) is 0 Å². The third-order valence-corrected chi connectivity index (χ3v) is 4.33. The normalized spacial score (nSPS) is 15.8. The molecular formula is C22H21NO6. The fraction of sp³-hybridized carbons (Fsp3) is 0.227. The van der Waals surface area contributed by atoms with E-state index in [0.717, 1.165) is 5.56 Å². The van der Waals surface area contributed by atoms with Crippen LogP contribution in [0.3, 0.4) is 0 Å². The summed E-state index contributed by atoms with van der Waals surface area (Å²) in [6.45, 7) is 0.0798. The largest absolute Gasteiger partial charge is 0.496 e. The van der Waals surface area contributed by atoms with E-state index in [9.17, 15) is 14.4 Å². The Morgan fingerprint density at radius 3 is 2.62 bits per heavy atom. The van der Waals surface area contributed by atoms with E-state index in [2.05, 4.69) is 5.32 Å². The van der Waals surface area contributed by atoms with E-state index in [0.29, 0.717) is 30.1 Å². The van der Waals surface area contributed by atoms with Crippen LogP contribution in [0.25, 0.3) is 6.08 Å². The van der Waals surface area contributed by atoms with Crippen molar-refractivity contribution in [3.05, 3.63) is 65.7 Å². The van der Waals surface area contributed by atoms with Gasteiger partial charge in [-0.05, 0) is 42.5 Å². The van der Waals surface area contributed by atoms with E-state index >= 15 is 0 Å². The quantitative estimate of drug-likeness (QED) is 0.419. The van der Waals surface area contributed by atoms with E-state index in [1.807, 2.05) is 24.3 Å². The average Bonchev–Trinajstić information content (AvgIpc) is 3.15. The van der Waals surface area contributed by atoms with E-state index in [1.165, 1.54) is 6.08 Å². The molecule has 0 radical (unpaired) electrons. The molecule has 0 aromatic heterocycles. The minimum absolute atomic E-state index is 0.167. The van der Waals surface area contributed by atoms with E-state index in [4.69, 9.17) is 14.2 Å². The summed E-state index contributed by atoms with van der Waals surface area (Å²) in [4.78, 5) is 35.5. The topological polar surface area (TPSA) is 90.9 Å². The van der Waals surface area contributed by atoms with Crippen LogP contribution in [0.15, 0.2) is 54.6 Å². The molecule has 1 saturated heterocycles. The second-order valence-electron chi connectivity index (χ2n) is 6.33. The third-order valence-electron chi connectivity index (χ3n) is 4.33. The number of methoxy groups -OCH3 is 1. The number of para-hydroxylation sites is 1. The predicted molar refractivity (Wildman–Crippen MR) is 106 cm³/mol. The summed E-state index contributed by atoms with van der Waals surface area (Å²) in [5.41, 5.74) is 1.29. The Morgan fingerprint density at radius 1 is 1.17 bits per heavy atom. The molecule has 2 aromatic rings. The molecule has 7 heteroatoms.